The molecule has 1 saturated heterocycles. The Balaban J connectivity index is 2.32. The van der Waals surface area contributed by atoms with Crippen LogP contribution in [0.3, 0.4) is 0 Å². The standard InChI is InChI=1S/C15H31N3O2/c1-5-13-11-20-12(2)10-18(13)9-7-6-8-15(3,4)14(16)17-19/h12-13,19H,5-11H2,1-4H3,(H2,16,17). The summed E-state index contributed by atoms with van der Waals surface area (Å²) in [6, 6.07) is 0.559. The van der Waals surface area contributed by atoms with Crippen LogP contribution in [0.1, 0.15) is 53.4 Å². The van der Waals surface area contributed by atoms with Gasteiger partial charge in [0.25, 0.3) is 0 Å². The lowest BCUT2D eigenvalue weighted by Crippen LogP contribution is -2.48. The van der Waals surface area contributed by atoms with Crippen molar-refractivity contribution in [1.29, 1.82) is 0 Å². The monoisotopic (exact) mass is 285 g/mol. The Morgan fingerprint density at radius 3 is 2.75 bits per heavy atom. The van der Waals surface area contributed by atoms with Gasteiger partial charge in [-0.25, -0.2) is 0 Å². The first kappa shape index (κ1) is 17.2. The average Bonchev–Trinajstić information content (AvgIpc) is 2.42. The highest BCUT2D eigenvalue weighted by Crippen LogP contribution is 2.24. The molecule has 3 N–H and O–H groups in total. The summed E-state index contributed by atoms with van der Waals surface area (Å²) in [5.41, 5.74) is 5.49. The fourth-order valence-corrected chi connectivity index (χ4v) is 2.71. The number of nitrogens with two attached hydrogens (primary N) is 1. The van der Waals surface area contributed by atoms with E-state index in [0.717, 1.165) is 45.4 Å². The third-order valence-corrected chi connectivity index (χ3v) is 4.35. The van der Waals surface area contributed by atoms with Crippen molar-refractivity contribution in [3.8, 4) is 0 Å². The van der Waals surface area contributed by atoms with Gasteiger partial charge < -0.3 is 15.7 Å². The summed E-state index contributed by atoms with van der Waals surface area (Å²) in [5.74, 6) is 0.323. The van der Waals surface area contributed by atoms with Crippen LogP contribution in [0.25, 0.3) is 0 Å². The molecule has 2 atom stereocenters. The van der Waals surface area contributed by atoms with Gasteiger partial charge in [-0.05, 0) is 32.7 Å². The van der Waals surface area contributed by atoms with Crippen LogP contribution in [-0.2, 0) is 4.74 Å². The lowest BCUT2D eigenvalue weighted by molar-refractivity contribution is -0.0562. The van der Waals surface area contributed by atoms with Crippen molar-refractivity contribution in [2.75, 3.05) is 19.7 Å². The van der Waals surface area contributed by atoms with Crippen molar-refractivity contribution >= 4 is 5.84 Å². The van der Waals surface area contributed by atoms with Gasteiger partial charge in [0, 0.05) is 18.0 Å². The highest BCUT2D eigenvalue weighted by Gasteiger charge is 2.26. The molecule has 0 aromatic heterocycles. The van der Waals surface area contributed by atoms with Crippen LogP contribution in [-0.4, -0.2) is 47.8 Å². The maximum atomic E-state index is 8.77. The number of hydrogen-bond donors (Lipinski definition) is 2. The molecule has 1 aliphatic rings. The Kier molecular flexibility index (Phi) is 6.76. The number of nitrogens with zero attached hydrogens (tertiary/aromatic N) is 2. The van der Waals surface area contributed by atoms with Crippen molar-refractivity contribution in [3.63, 3.8) is 0 Å². The summed E-state index contributed by atoms with van der Waals surface area (Å²) in [6.07, 6.45) is 4.66. The van der Waals surface area contributed by atoms with Gasteiger partial charge in [-0.3, -0.25) is 4.90 Å². The molecule has 0 bridgehead atoms. The largest absolute Gasteiger partial charge is 0.409 e. The lowest BCUT2D eigenvalue weighted by atomic mass is 9.86. The second-order valence-corrected chi connectivity index (χ2v) is 6.53. The van der Waals surface area contributed by atoms with Crippen molar-refractivity contribution in [2.45, 2.75) is 65.5 Å². The third kappa shape index (κ3) is 4.94. The van der Waals surface area contributed by atoms with Gasteiger partial charge in [-0.15, -0.1) is 0 Å². The molecule has 1 fully saturated rings. The van der Waals surface area contributed by atoms with Gasteiger partial charge in [0.1, 0.15) is 5.84 Å². The predicted octanol–water partition coefficient (Wildman–Crippen LogP) is 2.43. The molecule has 5 nitrogen and oxygen atoms in total. The van der Waals surface area contributed by atoms with E-state index in [9.17, 15) is 0 Å². The molecule has 20 heavy (non-hydrogen) atoms. The molecule has 0 aromatic rings. The molecule has 1 rings (SSSR count). The Morgan fingerprint density at radius 2 is 2.15 bits per heavy atom. The van der Waals surface area contributed by atoms with E-state index >= 15 is 0 Å². The van der Waals surface area contributed by atoms with Gasteiger partial charge in [0.2, 0.25) is 0 Å². The van der Waals surface area contributed by atoms with Crippen molar-refractivity contribution in [2.24, 2.45) is 16.3 Å². The molecule has 0 aromatic carbocycles. The Bertz CT molecular complexity index is 318. The van der Waals surface area contributed by atoms with E-state index < -0.39 is 0 Å². The van der Waals surface area contributed by atoms with Gasteiger partial charge in [-0.1, -0.05) is 32.3 Å². The molecule has 1 heterocycles. The normalized spacial score (nSPS) is 25.9. The number of morpholine rings is 1. The fourth-order valence-electron chi connectivity index (χ4n) is 2.71. The number of ether oxygens (including phenoxy) is 1. The molecular formula is C15H31N3O2. The van der Waals surface area contributed by atoms with E-state index in [2.05, 4.69) is 23.9 Å². The second-order valence-electron chi connectivity index (χ2n) is 6.53. The molecule has 0 spiro atoms. The number of oxime groups is 1. The second kappa shape index (κ2) is 7.84. The number of amidine groups is 1. The summed E-state index contributed by atoms with van der Waals surface area (Å²) in [6.45, 7) is 11.4. The van der Waals surface area contributed by atoms with Gasteiger partial charge in [0.15, 0.2) is 0 Å². The van der Waals surface area contributed by atoms with Crippen LogP contribution in [0.2, 0.25) is 0 Å². The van der Waals surface area contributed by atoms with E-state index in [1.807, 2.05) is 13.8 Å². The van der Waals surface area contributed by atoms with Crippen LogP contribution >= 0.6 is 0 Å². The minimum atomic E-state index is -0.225. The zero-order chi connectivity index (χ0) is 15.2. The van der Waals surface area contributed by atoms with E-state index in [1.54, 1.807) is 0 Å². The zero-order valence-corrected chi connectivity index (χ0v) is 13.4. The average molecular weight is 285 g/mol. The van der Waals surface area contributed by atoms with E-state index in [0.29, 0.717) is 18.0 Å². The van der Waals surface area contributed by atoms with Crippen molar-refractivity contribution in [1.82, 2.24) is 4.90 Å². The van der Waals surface area contributed by atoms with E-state index in [-0.39, 0.29) is 5.41 Å². The van der Waals surface area contributed by atoms with Gasteiger partial charge >= 0.3 is 0 Å². The molecule has 2 unspecified atom stereocenters. The van der Waals surface area contributed by atoms with Crippen molar-refractivity contribution in [3.05, 3.63) is 0 Å². The maximum absolute atomic E-state index is 8.77. The molecule has 118 valence electrons. The first-order valence-corrected chi connectivity index (χ1v) is 7.74. The SMILES string of the molecule is CCC1COC(C)CN1CCCCC(C)(C)C(N)=NO. The van der Waals surface area contributed by atoms with Crippen LogP contribution < -0.4 is 5.73 Å². The Hall–Kier alpha value is -0.810. The van der Waals surface area contributed by atoms with E-state index in [1.165, 1.54) is 0 Å². The highest BCUT2D eigenvalue weighted by atomic mass is 16.5. The quantitative estimate of drug-likeness (QED) is 0.248. The fraction of sp³-hybridized carbons (Fsp3) is 0.933. The first-order valence-electron chi connectivity index (χ1n) is 7.74. The smallest absolute Gasteiger partial charge is 0.144 e. The third-order valence-electron chi connectivity index (χ3n) is 4.35. The van der Waals surface area contributed by atoms with Crippen LogP contribution in [0.15, 0.2) is 5.16 Å². The molecule has 5 heteroatoms. The summed E-state index contributed by atoms with van der Waals surface area (Å²) < 4.78 is 5.72. The molecule has 0 amide bonds. The van der Waals surface area contributed by atoms with Gasteiger partial charge in [-0.2, -0.15) is 0 Å². The molecule has 0 saturated carbocycles. The molecular weight excluding hydrogens is 254 g/mol. The number of hydrogen-bond acceptors (Lipinski definition) is 4. The summed E-state index contributed by atoms with van der Waals surface area (Å²) in [5, 5.41) is 11.9. The summed E-state index contributed by atoms with van der Waals surface area (Å²) in [4.78, 5) is 2.55. The number of rotatable bonds is 7. The minimum Gasteiger partial charge on any atom is -0.409 e. The van der Waals surface area contributed by atoms with Crippen LogP contribution in [0.4, 0.5) is 0 Å². The Labute approximate surface area is 123 Å². The first-order chi connectivity index (χ1) is 9.40. The minimum absolute atomic E-state index is 0.225. The summed E-state index contributed by atoms with van der Waals surface area (Å²) in [7, 11) is 0. The molecule has 0 aliphatic carbocycles. The summed E-state index contributed by atoms with van der Waals surface area (Å²) >= 11 is 0. The van der Waals surface area contributed by atoms with E-state index in [4.69, 9.17) is 15.7 Å². The van der Waals surface area contributed by atoms with Crippen molar-refractivity contribution < 1.29 is 9.94 Å². The molecule has 1 aliphatic heterocycles. The molecule has 0 radical (unpaired) electrons. The highest BCUT2D eigenvalue weighted by molar-refractivity contribution is 5.85. The van der Waals surface area contributed by atoms with Crippen LogP contribution in [0.5, 0.6) is 0 Å². The Morgan fingerprint density at radius 1 is 1.45 bits per heavy atom. The topological polar surface area (TPSA) is 71.1 Å². The number of unbranched alkanes of at least 4 members (excludes halogenated alkanes) is 1. The maximum Gasteiger partial charge on any atom is 0.144 e. The lowest BCUT2D eigenvalue weighted by Gasteiger charge is -2.38. The zero-order valence-electron chi connectivity index (χ0n) is 13.4. The van der Waals surface area contributed by atoms with Crippen LogP contribution in [0, 0.1) is 5.41 Å². The predicted molar refractivity (Wildman–Crippen MR) is 82.1 cm³/mol. The van der Waals surface area contributed by atoms with Gasteiger partial charge in [0.05, 0.1) is 12.7 Å².